The van der Waals surface area contributed by atoms with Crippen molar-refractivity contribution in [1.29, 1.82) is 0 Å². The first kappa shape index (κ1) is 19.6. The van der Waals surface area contributed by atoms with E-state index in [1.54, 1.807) is 12.5 Å². The van der Waals surface area contributed by atoms with Crippen LogP contribution in [0.5, 0.6) is 5.75 Å². The van der Waals surface area contributed by atoms with Crippen LogP contribution in [0.3, 0.4) is 0 Å². The zero-order valence-electron chi connectivity index (χ0n) is 16.7. The van der Waals surface area contributed by atoms with Crippen molar-refractivity contribution < 1.29 is 9.15 Å². The lowest BCUT2D eigenvalue weighted by Gasteiger charge is -2.06. The Hall–Kier alpha value is -3.67. The second kappa shape index (κ2) is 10.2. The van der Waals surface area contributed by atoms with E-state index in [9.17, 15) is 0 Å². The van der Waals surface area contributed by atoms with Crippen LogP contribution in [0.2, 0.25) is 0 Å². The molecule has 0 unspecified atom stereocenters. The molecule has 2 aromatic carbocycles. The first-order chi connectivity index (χ1) is 14.8. The van der Waals surface area contributed by atoms with Crippen molar-refractivity contribution in [2.24, 2.45) is 0 Å². The summed E-state index contributed by atoms with van der Waals surface area (Å²) in [5.41, 5.74) is 3.17. The molecule has 0 N–H and O–H groups in total. The summed E-state index contributed by atoms with van der Waals surface area (Å²) in [5.74, 6) is 1.39. The van der Waals surface area contributed by atoms with Gasteiger partial charge in [0.1, 0.15) is 24.3 Å². The predicted molar refractivity (Wildman–Crippen MR) is 116 cm³/mol. The van der Waals surface area contributed by atoms with E-state index in [-0.39, 0.29) is 0 Å². The Bertz CT molecular complexity index is 1040. The second-order valence-electron chi connectivity index (χ2n) is 6.98. The maximum atomic E-state index is 5.83. The zero-order chi connectivity index (χ0) is 20.4. The maximum absolute atomic E-state index is 5.83. The van der Waals surface area contributed by atoms with Crippen LogP contribution in [0.15, 0.2) is 77.7 Å². The number of unbranched alkanes of at least 4 members (excludes halogenated alkanes) is 1. The minimum absolute atomic E-state index is 0.375. The molecule has 2 aromatic heterocycles. The molecular weight excluding hydrogens is 376 g/mol. The Labute approximate surface area is 175 Å². The lowest BCUT2D eigenvalue weighted by Crippen LogP contribution is -1.99. The average Bonchev–Trinajstić information content (AvgIpc) is 3.47. The Kier molecular flexibility index (Phi) is 6.68. The molecule has 0 saturated heterocycles. The summed E-state index contributed by atoms with van der Waals surface area (Å²) in [6.45, 7) is 1.28. The Morgan fingerprint density at radius 1 is 0.967 bits per heavy atom. The number of aryl methyl sites for hydroxylation is 2. The van der Waals surface area contributed by atoms with E-state index >= 15 is 0 Å². The van der Waals surface area contributed by atoms with Gasteiger partial charge in [0.25, 0.3) is 0 Å². The van der Waals surface area contributed by atoms with E-state index in [0.717, 1.165) is 42.8 Å². The van der Waals surface area contributed by atoms with Crippen LogP contribution in [0, 0.1) is 0 Å². The van der Waals surface area contributed by atoms with E-state index in [2.05, 4.69) is 27.4 Å². The average molecular weight is 400 g/mol. The largest absolute Gasteiger partial charge is 0.487 e. The van der Waals surface area contributed by atoms with Gasteiger partial charge in [-0.15, -0.1) is 5.10 Å². The van der Waals surface area contributed by atoms with Gasteiger partial charge in [-0.25, -0.2) is 4.98 Å². The maximum Gasteiger partial charge on any atom is 0.218 e. The first-order valence-corrected chi connectivity index (χ1v) is 10.1. The molecule has 0 saturated carbocycles. The normalized spacial score (nSPS) is 11.2. The van der Waals surface area contributed by atoms with Crippen LogP contribution in [0.1, 0.15) is 35.6 Å². The van der Waals surface area contributed by atoms with Gasteiger partial charge in [-0.3, -0.25) is 4.68 Å². The molecule has 0 aliphatic carbocycles. The minimum atomic E-state index is 0.375. The molecule has 4 aromatic rings. The quantitative estimate of drug-likeness (QED) is 0.349. The summed E-state index contributed by atoms with van der Waals surface area (Å²) in [5, 5.41) is 7.79. The van der Waals surface area contributed by atoms with Crippen molar-refractivity contribution >= 4 is 12.2 Å². The number of hydrogen-bond acceptors (Lipinski definition) is 5. The van der Waals surface area contributed by atoms with Crippen molar-refractivity contribution in [1.82, 2.24) is 20.0 Å². The van der Waals surface area contributed by atoms with Gasteiger partial charge >= 0.3 is 0 Å². The van der Waals surface area contributed by atoms with E-state index in [1.165, 1.54) is 5.56 Å². The Balaban J connectivity index is 1.20. The highest BCUT2D eigenvalue weighted by Gasteiger charge is 2.03. The lowest BCUT2D eigenvalue weighted by atomic mass is 10.1. The molecule has 0 aliphatic rings. The second-order valence-corrected chi connectivity index (χ2v) is 6.98. The van der Waals surface area contributed by atoms with Gasteiger partial charge in [0, 0.05) is 18.8 Å². The molecule has 0 bridgehead atoms. The molecule has 0 spiro atoms. The molecule has 6 heteroatoms. The fourth-order valence-corrected chi connectivity index (χ4v) is 3.06. The third kappa shape index (κ3) is 5.91. The molecule has 0 aliphatic heterocycles. The number of oxazole rings is 1. The van der Waals surface area contributed by atoms with Crippen molar-refractivity contribution in [3.63, 3.8) is 0 Å². The van der Waals surface area contributed by atoms with Gasteiger partial charge in [0.2, 0.25) is 5.89 Å². The molecule has 4 rings (SSSR count). The van der Waals surface area contributed by atoms with Gasteiger partial charge in [-0.2, -0.15) is 0 Å². The van der Waals surface area contributed by atoms with Crippen LogP contribution >= 0.6 is 0 Å². The summed E-state index contributed by atoms with van der Waals surface area (Å²) in [6.07, 6.45) is 12.3. The van der Waals surface area contributed by atoms with Crippen LogP contribution in [0.25, 0.3) is 12.2 Å². The molecule has 0 radical (unpaired) electrons. The number of aromatic nitrogens is 4. The number of benzene rings is 2. The first-order valence-electron chi connectivity index (χ1n) is 10.1. The van der Waals surface area contributed by atoms with E-state index in [0.29, 0.717) is 12.5 Å². The van der Waals surface area contributed by atoms with E-state index in [1.807, 2.05) is 65.5 Å². The highest BCUT2D eigenvalue weighted by atomic mass is 16.5. The molecular formula is C24H24N4O2. The zero-order valence-corrected chi connectivity index (χ0v) is 16.7. The SMILES string of the molecule is C(=Cc1nc(COc2ccc(CCCCn3ccnn3)cc2)co1)c1ccccc1. The third-order valence-electron chi connectivity index (χ3n) is 4.67. The van der Waals surface area contributed by atoms with Crippen LogP contribution in [0.4, 0.5) is 0 Å². The summed E-state index contributed by atoms with van der Waals surface area (Å²) < 4.78 is 13.2. The van der Waals surface area contributed by atoms with Gasteiger partial charge < -0.3 is 9.15 Å². The van der Waals surface area contributed by atoms with Crippen molar-refractivity contribution in [2.45, 2.75) is 32.4 Å². The number of rotatable bonds is 10. The topological polar surface area (TPSA) is 66.0 Å². The number of hydrogen-bond donors (Lipinski definition) is 0. The molecule has 152 valence electrons. The van der Waals surface area contributed by atoms with Crippen molar-refractivity contribution in [3.8, 4) is 5.75 Å². The van der Waals surface area contributed by atoms with Crippen molar-refractivity contribution in [2.75, 3.05) is 0 Å². The minimum Gasteiger partial charge on any atom is -0.487 e. The van der Waals surface area contributed by atoms with Gasteiger partial charge in [-0.1, -0.05) is 47.7 Å². The number of ether oxygens (including phenoxy) is 1. The van der Waals surface area contributed by atoms with Gasteiger partial charge in [-0.05, 0) is 48.6 Å². The lowest BCUT2D eigenvalue weighted by molar-refractivity contribution is 0.301. The highest BCUT2D eigenvalue weighted by molar-refractivity contribution is 5.65. The summed E-state index contributed by atoms with van der Waals surface area (Å²) in [7, 11) is 0. The molecule has 2 heterocycles. The van der Waals surface area contributed by atoms with Gasteiger partial charge in [0.15, 0.2) is 0 Å². The third-order valence-corrected chi connectivity index (χ3v) is 4.67. The van der Waals surface area contributed by atoms with Crippen LogP contribution in [-0.2, 0) is 19.6 Å². The molecule has 0 fully saturated rings. The molecule has 30 heavy (non-hydrogen) atoms. The highest BCUT2D eigenvalue weighted by Crippen LogP contribution is 2.16. The van der Waals surface area contributed by atoms with E-state index < -0.39 is 0 Å². The standard InChI is InChI=1S/C24H24N4O2/c1-2-6-20(7-3-1)11-14-24-26-22(19-30-24)18-29-23-12-9-21(10-13-23)8-4-5-16-28-17-15-25-27-28/h1-3,6-7,9-15,17,19H,4-5,8,16,18H2. The molecule has 6 nitrogen and oxygen atoms in total. The molecule has 0 amide bonds. The summed E-state index contributed by atoms with van der Waals surface area (Å²) in [4.78, 5) is 4.44. The monoisotopic (exact) mass is 400 g/mol. The smallest absolute Gasteiger partial charge is 0.218 e. The fraction of sp³-hybridized carbons (Fsp3) is 0.208. The number of nitrogens with zero attached hydrogens (tertiary/aromatic N) is 4. The van der Waals surface area contributed by atoms with Crippen LogP contribution < -0.4 is 4.74 Å². The Morgan fingerprint density at radius 3 is 2.63 bits per heavy atom. The predicted octanol–water partition coefficient (Wildman–Crippen LogP) is 5.04. The van der Waals surface area contributed by atoms with Crippen LogP contribution in [-0.4, -0.2) is 20.0 Å². The summed E-state index contributed by atoms with van der Waals surface area (Å²) >= 11 is 0. The fourth-order valence-electron chi connectivity index (χ4n) is 3.06. The van der Waals surface area contributed by atoms with E-state index in [4.69, 9.17) is 9.15 Å². The van der Waals surface area contributed by atoms with Gasteiger partial charge in [0.05, 0.1) is 6.20 Å². The Morgan fingerprint density at radius 2 is 1.83 bits per heavy atom. The summed E-state index contributed by atoms with van der Waals surface area (Å²) in [6, 6.07) is 18.3. The molecule has 0 atom stereocenters. The van der Waals surface area contributed by atoms with Crippen molar-refractivity contribution in [3.05, 3.63) is 96.0 Å².